The minimum absolute atomic E-state index is 0.0202. The fraction of sp³-hybridized carbons (Fsp3) is 0.400. The van der Waals surface area contributed by atoms with E-state index >= 15 is 0 Å². The Kier molecular flexibility index (Phi) is 5.55. The summed E-state index contributed by atoms with van der Waals surface area (Å²) in [4.78, 5) is 26.8. The van der Waals surface area contributed by atoms with Gasteiger partial charge in [-0.1, -0.05) is 12.1 Å². The van der Waals surface area contributed by atoms with Gasteiger partial charge in [-0.05, 0) is 18.6 Å². The van der Waals surface area contributed by atoms with Gasteiger partial charge in [-0.15, -0.1) is 0 Å². The smallest absolute Gasteiger partial charge is 0.303 e. The number of sulfone groups is 1. The maximum Gasteiger partial charge on any atom is 0.303 e. The highest BCUT2D eigenvalue weighted by molar-refractivity contribution is 7.89. The van der Waals surface area contributed by atoms with Gasteiger partial charge in [0.1, 0.15) is 18.1 Å². The molecular weight excluding hydrogens is 334 g/mol. The van der Waals surface area contributed by atoms with Gasteiger partial charge in [-0.3, -0.25) is 9.59 Å². The van der Waals surface area contributed by atoms with Crippen LogP contribution in [0.1, 0.15) is 18.7 Å². The summed E-state index contributed by atoms with van der Waals surface area (Å²) in [5.41, 5.74) is 1.30. The van der Waals surface area contributed by atoms with E-state index in [-0.39, 0.29) is 31.2 Å². The first-order chi connectivity index (χ1) is 11.3. The Bertz CT molecular complexity index is 857. The van der Waals surface area contributed by atoms with Gasteiger partial charge in [-0.25, -0.2) is 13.4 Å². The van der Waals surface area contributed by atoms with Gasteiger partial charge in [0.2, 0.25) is 5.91 Å². The number of carbonyl (C=O) groups excluding carboxylic acids is 1. The zero-order valence-electron chi connectivity index (χ0n) is 13.2. The fourth-order valence-corrected chi connectivity index (χ4v) is 3.00. The number of carbonyl (C=O) groups is 2. The lowest BCUT2D eigenvalue weighted by molar-refractivity contribution is -0.137. The Morgan fingerprint density at radius 2 is 2.00 bits per heavy atom. The van der Waals surface area contributed by atoms with E-state index in [9.17, 15) is 18.0 Å². The molecule has 0 atom stereocenters. The first kappa shape index (κ1) is 17.9. The second-order valence-electron chi connectivity index (χ2n) is 5.52. The lowest BCUT2D eigenvalue weighted by Crippen LogP contribution is -2.29. The lowest BCUT2D eigenvalue weighted by Gasteiger charge is -2.09. The van der Waals surface area contributed by atoms with Crippen molar-refractivity contribution in [2.45, 2.75) is 25.1 Å². The molecule has 0 unspecified atom stereocenters. The third kappa shape index (κ3) is 5.05. The summed E-state index contributed by atoms with van der Waals surface area (Å²) < 4.78 is 24.7. The van der Waals surface area contributed by atoms with Gasteiger partial charge in [-0.2, -0.15) is 0 Å². The zero-order valence-corrected chi connectivity index (χ0v) is 14.0. The molecule has 0 fully saturated rings. The molecule has 2 aromatic rings. The number of hydrogen-bond acceptors (Lipinski definition) is 5. The van der Waals surface area contributed by atoms with Gasteiger partial charge in [0.15, 0.2) is 9.84 Å². The quantitative estimate of drug-likeness (QED) is 0.670. The summed E-state index contributed by atoms with van der Waals surface area (Å²) in [6.07, 6.45) is 1.43. The van der Waals surface area contributed by atoms with Gasteiger partial charge < -0.3 is 15.0 Å². The Balaban J connectivity index is 2.15. The van der Waals surface area contributed by atoms with Crippen molar-refractivity contribution in [3.05, 3.63) is 30.1 Å². The van der Waals surface area contributed by atoms with Gasteiger partial charge in [0.25, 0.3) is 0 Å². The van der Waals surface area contributed by atoms with Crippen molar-refractivity contribution >= 4 is 32.7 Å². The maximum atomic E-state index is 12.1. The van der Waals surface area contributed by atoms with Crippen LogP contribution in [0.2, 0.25) is 0 Å². The third-order valence-electron chi connectivity index (χ3n) is 3.32. The average Bonchev–Trinajstić information content (AvgIpc) is 2.79. The maximum absolute atomic E-state index is 12.1. The number of hydrogen-bond donors (Lipinski definition) is 2. The Morgan fingerprint density at radius 3 is 2.67 bits per heavy atom. The summed E-state index contributed by atoms with van der Waals surface area (Å²) in [5, 5.41) is 11.2. The molecule has 130 valence electrons. The number of fused-ring (bicyclic) bond motifs is 1. The largest absolute Gasteiger partial charge is 0.481 e. The molecule has 2 N–H and O–H groups in total. The first-order valence-electron chi connectivity index (χ1n) is 7.36. The van der Waals surface area contributed by atoms with Crippen LogP contribution in [0.5, 0.6) is 0 Å². The van der Waals surface area contributed by atoms with Crippen LogP contribution in [0.3, 0.4) is 0 Å². The van der Waals surface area contributed by atoms with E-state index in [0.717, 1.165) is 6.26 Å². The zero-order chi connectivity index (χ0) is 17.7. The van der Waals surface area contributed by atoms with Crippen molar-refractivity contribution in [1.29, 1.82) is 0 Å². The molecular formula is C15H19N3O5S. The van der Waals surface area contributed by atoms with E-state index in [2.05, 4.69) is 10.3 Å². The molecule has 0 aliphatic carbocycles. The molecule has 0 radical (unpaired) electrons. The van der Waals surface area contributed by atoms with Crippen molar-refractivity contribution in [3.8, 4) is 0 Å². The molecule has 0 spiro atoms. The van der Waals surface area contributed by atoms with Crippen LogP contribution in [0.4, 0.5) is 0 Å². The highest BCUT2D eigenvalue weighted by Crippen LogP contribution is 2.17. The molecule has 0 bridgehead atoms. The second kappa shape index (κ2) is 7.43. The van der Waals surface area contributed by atoms with E-state index in [1.165, 1.54) is 0 Å². The molecule has 9 heteroatoms. The van der Waals surface area contributed by atoms with Crippen LogP contribution in [-0.2, 0) is 31.7 Å². The molecule has 1 heterocycles. The molecule has 1 aromatic carbocycles. The monoisotopic (exact) mass is 353 g/mol. The van der Waals surface area contributed by atoms with E-state index in [0.29, 0.717) is 23.3 Å². The molecule has 0 aliphatic rings. The van der Waals surface area contributed by atoms with Crippen LogP contribution in [0.25, 0.3) is 11.0 Å². The second-order valence-corrected chi connectivity index (χ2v) is 7.66. The van der Waals surface area contributed by atoms with Crippen LogP contribution in [0.15, 0.2) is 24.3 Å². The summed E-state index contributed by atoms with van der Waals surface area (Å²) in [6.45, 7) is 0.178. The number of nitrogens with one attached hydrogen (secondary N) is 1. The van der Waals surface area contributed by atoms with Crippen molar-refractivity contribution in [2.24, 2.45) is 0 Å². The van der Waals surface area contributed by atoms with Crippen LogP contribution in [-0.4, -0.2) is 47.8 Å². The number of amides is 1. The van der Waals surface area contributed by atoms with Gasteiger partial charge >= 0.3 is 5.97 Å². The van der Waals surface area contributed by atoms with Gasteiger partial charge in [0.05, 0.1) is 11.0 Å². The van der Waals surface area contributed by atoms with Gasteiger partial charge in [0, 0.05) is 19.2 Å². The fourth-order valence-electron chi connectivity index (χ4n) is 2.31. The SMILES string of the molecule is CS(=O)(=O)Cc1nc2ccccc2n1CC(=O)NCCCC(=O)O. The minimum Gasteiger partial charge on any atom is -0.481 e. The van der Waals surface area contributed by atoms with E-state index < -0.39 is 15.8 Å². The number of carboxylic acids is 1. The molecule has 0 saturated heterocycles. The third-order valence-corrected chi connectivity index (χ3v) is 4.10. The Hall–Kier alpha value is -2.42. The molecule has 0 aliphatic heterocycles. The van der Waals surface area contributed by atoms with E-state index in [4.69, 9.17) is 5.11 Å². The molecule has 1 amide bonds. The predicted molar refractivity (Wildman–Crippen MR) is 88.2 cm³/mol. The van der Waals surface area contributed by atoms with E-state index in [1.54, 1.807) is 28.8 Å². The number of benzene rings is 1. The molecule has 2 rings (SSSR count). The summed E-state index contributed by atoms with van der Waals surface area (Å²) in [7, 11) is -3.29. The lowest BCUT2D eigenvalue weighted by atomic mass is 10.3. The molecule has 1 aromatic heterocycles. The number of aliphatic carboxylic acids is 1. The number of rotatable bonds is 8. The Labute approximate surface area is 139 Å². The van der Waals surface area contributed by atoms with Crippen LogP contribution >= 0.6 is 0 Å². The highest BCUT2D eigenvalue weighted by atomic mass is 32.2. The summed E-state index contributed by atoms with van der Waals surface area (Å²) in [6, 6.07) is 7.10. The van der Waals surface area contributed by atoms with E-state index in [1.807, 2.05) is 0 Å². The van der Waals surface area contributed by atoms with Crippen molar-refractivity contribution < 1.29 is 23.1 Å². The number of para-hydroxylation sites is 2. The standard InChI is InChI=1S/C15H19N3O5S/c1-24(22,23)10-13-17-11-5-2-3-6-12(11)18(13)9-14(19)16-8-4-7-15(20)21/h2-3,5-6H,4,7-10H2,1H3,(H,16,19)(H,20,21). The molecule has 24 heavy (non-hydrogen) atoms. The minimum atomic E-state index is -3.29. The topological polar surface area (TPSA) is 118 Å². The number of carboxylic acid groups (broad SMARTS) is 1. The number of aromatic nitrogens is 2. The van der Waals surface area contributed by atoms with Crippen LogP contribution in [0, 0.1) is 0 Å². The summed E-state index contributed by atoms with van der Waals surface area (Å²) >= 11 is 0. The highest BCUT2D eigenvalue weighted by Gasteiger charge is 2.17. The first-order valence-corrected chi connectivity index (χ1v) is 9.42. The predicted octanol–water partition coefficient (Wildman–Crippen LogP) is 0.562. The Morgan fingerprint density at radius 1 is 1.29 bits per heavy atom. The number of imidazole rings is 1. The molecule has 8 nitrogen and oxygen atoms in total. The van der Waals surface area contributed by atoms with Crippen LogP contribution < -0.4 is 5.32 Å². The average molecular weight is 353 g/mol. The van der Waals surface area contributed by atoms with Crippen molar-refractivity contribution in [1.82, 2.24) is 14.9 Å². The number of nitrogens with zero attached hydrogens (tertiary/aromatic N) is 2. The van der Waals surface area contributed by atoms with Crippen molar-refractivity contribution in [3.63, 3.8) is 0 Å². The summed E-state index contributed by atoms with van der Waals surface area (Å²) in [5.74, 6) is -1.19. The molecule has 0 saturated carbocycles. The van der Waals surface area contributed by atoms with Crippen molar-refractivity contribution in [2.75, 3.05) is 12.8 Å². The normalized spacial score (nSPS) is 11.5.